The van der Waals surface area contributed by atoms with Gasteiger partial charge in [-0.3, -0.25) is 4.79 Å². The van der Waals surface area contributed by atoms with Crippen molar-refractivity contribution in [1.29, 1.82) is 0 Å². The Morgan fingerprint density at radius 2 is 2.41 bits per heavy atom. The summed E-state index contributed by atoms with van der Waals surface area (Å²) in [5.74, 6) is 0.357. The summed E-state index contributed by atoms with van der Waals surface area (Å²) in [4.78, 5) is 14.8. The van der Waals surface area contributed by atoms with E-state index in [-0.39, 0.29) is 5.91 Å². The molecule has 1 N–H and O–H groups in total. The highest BCUT2D eigenvalue weighted by Gasteiger charge is 2.24. The van der Waals surface area contributed by atoms with E-state index in [1.807, 2.05) is 18.2 Å². The van der Waals surface area contributed by atoms with Crippen molar-refractivity contribution in [3.8, 4) is 0 Å². The van der Waals surface area contributed by atoms with E-state index in [0.717, 1.165) is 36.1 Å². The summed E-state index contributed by atoms with van der Waals surface area (Å²) < 4.78 is 3.70. The van der Waals surface area contributed by atoms with Crippen LogP contribution in [0.1, 0.15) is 21.7 Å². The molecule has 1 aliphatic rings. The van der Waals surface area contributed by atoms with Gasteiger partial charge < -0.3 is 10.2 Å². The zero-order valence-corrected chi connectivity index (χ0v) is 13.8. The Hall–Kier alpha value is -1.66. The molecule has 1 atom stereocenters. The molecule has 2 heterocycles. The number of anilines is 1. The molecular weight excluding hydrogens is 320 g/mol. The van der Waals surface area contributed by atoms with Gasteiger partial charge in [-0.25, -0.2) is 0 Å². The summed E-state index contributed by atoms with van der Waals surface area (Å²) in [5, 5.41) is 7.40. The Bertz CT molecular complexity index is 662. The smallest absolute Gasteiger partial charge is 0.264 e. The van der Waals surface area contributed by atoms with Crippen molar-refractivity contribution in [1.82, 2.24) is 14.9 Å². The van der Waals surface area contributed by atoms with Gasteiger partial charge in [0.15, 0.2) is 0 Å². The molecule has 0 radical (unpaired) electrons. The first-order chi connectivity index (χ1) is 10.6. The molecule has 2 aromatic rings. The molecule has 0 spiro atoms. The normalized spacial score (nSPS) is 17.7. The molecule has 1 aliphatic heterocycles. The Morgan fingerprint density at radius 3 is 3.18 bits per heavy atom. The molecule has 0 saturated carbocycles. The molecule has 3 rings (SSSR count). The lowest BCUT2D eigenvalue weighted by Crippen LogP contribution is -2.30. The van der Waals surface area contributed by atoms with Crippen LogP contribution in [0.15, 0.2) is 24.4 Å². The van der Waals surface area contributed by atoms with Crippen LogP contribution < -0.4 is 10.2 Å². The van der Waals surface area contributed by atoms with E-state index in [1.165, 1.54) is 17.4 Å². The molecule has 22 heavy (non-hydrogen) atoms. The van der Waals surface area contributed by atoms with E-state index in [1.54, 1.807) is 0 Å². The third kappa shape index (κ3) is 3.39. The number of rotatable bonds is 4. The highest BCUT2D eigenvalue weighted by molar-refractivity contribution is 7.07. The monoisotopic (exact) mass is 336 g/mol. The minimum atomic E-state index is -0.0904. The third-order valence-corrected chi connectivity index (χ3v) is 4.83. The van der Waals surface area contributed by atoms with Crippen molar-refractivity contribution in [2.75, 3.05) is 24.5 Å². The van der Waals surface area contributed by atoms with E-state index in [4.69, 9.17) is 11.6 Å². The standard InChI is InChI=1S/C15H17ClN4OS/c1-10-2-3-12(16)6-13(10)20-5-4-11(9-20)7-17-15(21)14-8-18-19-22-14/h2-3,6,8,11H,4-5,7,9H2,1H3,(H,17,21)/t11-/m1/s1. The fourth-order valence-corrected chi connectivity index (χ4v) is 3.33. The van der Waals surface area contributed by atoms with E-state index < -0.39 is 0 Å². The predicted molar refractivity (Wildman–Crippen MR) is 88.8 cm³/mol. The molecule has 0 aliphatic carbocycles. The van der Waals surface area contributed by atoms with Crippen molar-refractivity contribution in [2.45, 2.75) is 13.3 Å². The number of halogens is 1. The number of hydrogen-bond donors (Lipinski definition) is 1. The Balaban J connectivity index is 1.56. The van der Waals surface area contributed by atoms with E-state index >= 15 is 0 Å². The maximum Gasteiger partial charge on any atom is 0.264 e. The fourth-order valence-electron chi connectivity index (χ4n) is 2.73. The Labute approximate surface area is 138 Å². The van der Waals surface area contributed by atoms with Gasteiger partial charge >= 0.3 is 0 Å². The van der Waals surface area contributed by atoms with E-state index in [2.05, 4.69) is 26.7 Å². The number of benzene rings is 1. The lowest BCUT2D eigenvalue weighted by molar-refractivity contribution is 0.0952. The van der Waals surface area contributed by atoms with Crippen LogP contribution in [-0.2, 0) is 0 Å². The largest absolute Gasteiger partial charge is 0.371 e. The zero-order chi connectivity index (χ0) is 15.5. The topological polar surface area (TPSA) is 58.1 Å². The van der Waals surface area contributed by atoms with Crippen LogP contribution in [-0.4, -0.2) is 35.1 Å². The number of amides is 1. The predicted octanol–water partition coefficient (Wildman–Crippen LogP) is 2.76. The third-order valence-electron chi connectivity index (χ3n) is 3.93. The van der Waals surface area contributed by atoms with Crippen LogP contribution in [0.25, 0.3) is 0 Å². The number of carbonyl (C=O) groups excluding carboxylic acids is 1. The average molecular weight is 337 g/mol. The van der Waals surface area contributed by atoms with Gasteiger partial charge in [0, 0.05) is 30.3 Å². The lowest BCUT2D eigenvalue weighted by atomic mass is 10.1. The van der Waals surface area contributed by atoms with Crippen molar-refractivity contribution in [3.63, 3.8) is 0 Å². The van der Waals surface area contributed by atoms with Crippen molar-refractivity contribution < 1.29 is 4.79 Å². The van der Waals surface area contributed by atoms with Crippen LogP contribution >= 0.6 is 23.1 Å². The van der Waals surface area contributed by atoms with E-state index in [0.29, 0.717) is 17.3 Å². The molecule has 5 nitrogen and oxygen atoms in total. The van der Waals surface area contributed by atoms with Crippen LogP contribution in [0.5, 0.6) is 0 Å². The number of nitrogens with one attached hydrogen (secondary N) is 1. The second-order valence-corrected chi connectivity index (χ2v) is 6.75. The summed E-state index contributed by atoms with van der Waals surface area (Å²) in [5.41, 5.74) is 2.41. The van der Waals surface area contributed by atoms with Gasteiger partial charge in [0.05, 0.1) is 6.20 Å². The lowest BCUT2D eigenvalue weighted by Gasteiger charge is -2.21. The van der Waals surface area contributed by atoms with Gasteiger partial charge in [-0.2, -0.15) is 0 Å². The molecule has 1 aromatic carbocycles. The van der Waals surface area contributed by atoms with Crippen molar-refractivity contribution >= 4 is 34.7 Å². The number of carbonyl (C=O) groups is 1. The van der Waals surface area contributed by atoms with Crippen molar-refractivity contribution in [2.24, 2.45) is 5.92 Å². The maximum atomic E-state index is 11.9. The Morgan fingerprint density at radius 1 is 1.55 bits per heavy atom. The van der Waals surface area contributed by atoms with Gasteiger partial charge in [-0.05, 0) is 48.5 Å². The first-order valence-corrected chi connectivity index (χ1v) is 8.35. The van der Waals surface area contributed by atoms with Gasteiger partial charge in [0.2, 0.25) is 0 Å². The number of hydrogen-bond acceptors (Lipinski definition) is 5. The molecule has 0 bridgehead atoms. The van der Waals surface area contributed by atoms with Crippen LogP contribution in [0.3, 0.4) is 0 Å². The zero-order valence-electron chi connectivity index (χ0n) is 12.3. The first kappa shape index (κ1) is 15.2. The maximum absolute atomic E-state index is 11.9. The fraction of sp³-hybridized carbons (Fsp3) is 0.400. The molecule has 116 valence electrons. The van der Waals surface area contributed by atoms with Gasteiger partial charge in [0.1, 0.15) is 4.88 Å². The summed E-state index contributed by atoms with van der Waals surface area (Å²) in [6, 6.07) is 5.97. The highest BCUT2D eigenvalue weighted by atomic mass is 35.5. The summed E-state index contributed by atoms with van der Waals surface area (Å²) >= 11 is 7.21. The molecule has 7 heteroatoms. The van der Waals surface area contributed by atoms with Gasteiger partial charge in [-0.1, -0.05) is 22.2 Å². The minimum absolute atomic E-state index is 0.0904. The molecule has 1 saturated heterocycles. The second kappa shape index (κ2) is 6.62. The Kier molecular flexibility index (Phi) is 4.59. The molecular formula is C15H17ClN4OS. The molecule has 1 amide bonds. The summed E-state index contributed by atoms with van der Waals surface area (Å²) in [6.07, 6.45) is 2.56. The SMILES string of the molecule is Cc1ccc(Cl)cc1N1CC[C@H](CNC(=O)c2cnns2)C1. The number of nitrogens with zero attached hydrogens (tertiary/aromatic N) is 3. The van der Waals surface area contributed by atoms with Gasteiger partial charge in [-0.15, -0.1) is 5.10 Å². The first-order valence-electron chi connectivity index (χ1n) is 7.20. The molecule has 0 unspecified atom stereocenters. The highest BCUT2D eigenvalue weighted by Crippen LogP contribution is 2.29. The molecule has 1 fully saturated rings. The average Bonchev–Trinajstić information content (AvgIpc) is 3.18. The quantitative estimate of drug-likeness (QED) is 0.932. The van der Waals surface area contributed by atoms with Crippen molar-refractivity contribution in [3.05, 3.63) is 39.9 Å². The minimum Gasteiger partial charge on any atom is -0.371 e. The van der Waals surface area contributed by atoms with Crippen LogP contribution in [0.4, 0.5) is 5.69 Å². The van der Waals surface area contributed by atoms with Crippen LogP contribution in [0, 0.1) is 12.8 Å². The van der Waals surface area contributed by atoms with Gasteiger partial charge in [0.25, 0.3) is 5.91 Å². The molecule has 1 aromatic heterocycles. The summed E-state index contributed by atoms with van der Waals surface area (Å²) in [7, 11) is 0. The number of aromatic nitrogens is 2. The second-order valence-electron chi connectivity index (χ2n) is 5.52. The van der Waals surface area contributed by atoms with Crippen LogP contribution in [0.2, 0.25) is 5.02 Å². The van der Waals surface area contributed by atoms with E-state index in [9.17, 15) is 4.79 Å². The summed E-state index contributed by atoms with van der Waals surface area (Å²) in [6.45, 7) is 4.69. The number of aryl methyl sites for hydroxylation is 1.